The number of amides is 4. The second-order valence-corrected chi connectivity index (χ2v) is 10.1. The molecule has 0 aromatic heterocycles. The minimum Gasteiger partial charge on any atom is -0.379 e. The minimum absolute atomic E-state index is 0.0396. The smallest absolute Gasteiger partial charge is 0.325 e. The first-order valence-electron chi connectivity index (χ1n) is 10.5. The zero-order valence-electron chi connectivity index (χ0n) is 17.6. The van der Waals surface area contributed by atoms with Crippen LogP contribution in [-0.2, 0) is 24.3 Å². The summed E-state index contributed by atoms with van der Waals surface area (Å²) in [6, 6.07) is 1.45. The van der Waals surface area contributed by atoms with E-state index in [1.165, 1.54) is 13.0 Å². The standard InChI is InChI=1S/C20H25FN4O6S/c1-13(25-18(27)20(23-19(25)28)6-2-3-7-20)17(26)22-14-4-5-15(21)16(12-14)32(29,30)24-8-10-31-11-9-24/h4-5,12-13H,2-3,6-11H2,1H3,(H,22,26)(H,23,28). The van der Waals surface area contributed by atoms with Crippen LogP contribution in [0, 0.1) is 5.82 Å². The van der Waals surface area contributed by atoms with Crippen LogP contribution in [0.4, 0.5) is 14.9 Å². The number of carbonyl (C=O) groups excluding carboxylic acids is 3. The van der Waals surface area contributed by atoms with Crippen molar-refractivity contribution in [3.63, 3.8) is 0 Å². The highest BCUT2D eigenvalue weighted by atomic mass is 32.2. The van der Waals surface area contributed by atoms with Gasteiger partial charge < -0.3 is 15.4 Å². The zero-order valence-corrected chi connectivity index (χ0v) is 18.4. The molecule has 1 spiro atoms. The number of nitrogens with one attached hydrogen (secondary N) is 2. The number of urea groups is 1. The number of imide groups is 1. The van der Waals surface area contributed by atoms with Crippen molar-refractivity contribution in [3.05, 3.63) is 24.0 Å². The van der Waals surface area contributed by atoms with Gasteiger partial charge in [0.25, 0.3) is 5.91 Å². The van der Waals surface area contributed by atoms with Gasteiger partial charge in [0.05, 0.1) is 13.2 Å². The first-order valence-corrected chi connectivity index (χ1v) is 11.9. The number of hydrogen-bond acceptors (Lipinski definition) is 6. The van der Waals surface area contributed by atoms with Gasteiger partial charge in [-0.15, -0.1) is 0 Å². The van der Waals surface area contributed by atoms with Gasteiger partial charge in [-0.25, -0.2) is 22.5 Å². The maximum absolute atomic E-state index is 14.4. The monoisotopic (exact) mass is 468 g/mol. The molecule has 0 radical (unpaired) electrons. The Balaban J connectivity index is 1.52. The van der Waals surface area contributed by atoms with Crippen LogP contribution in [-0.4, -0.2) is 73.4 Å². The van der Waals surface area contributed by atoms with Crippen molar-refractivity contribution in [2.75, 3.05) is 31.6 Å². The van der Waals surface area contributed by atoms with Gasteiger partial charge in [-0.1, -0.05) is 12.8 Å². The molecule has 2 aliphatic heterocycles. The highest BCUT2D eigenvalue weighted by Crippen LogP contribution is 2.36. The fourth-order valence-corrected chi connectivity index (χ4v) is 5.88. The van der Waals surface area contributed by atoms with Crippen LogP contribution in [0.1, 0.15) is 32.6 Å². The molecule has 1 aromatic rings. The summed E-state index contributed by atoms with van der Waals surface area (Å²) in [5.74, 6) is -2.07. The van der Waals surface area contributed by atoms with Crippen LogP contribution in [0.15, 0.2) is 23.1 Å². The third kappa shape index (κ3) is 3.86. The van der Waals surface area contributed by atoms with E-state index in [2.05, 4.69) is 10.6 Å². The maximum Gasteiger partial charge on any atom is 0.325 e. The van der Waals surface area contributed by atoms with Crippen molar-refractivity contribution >= 4 is 33.6 Å². The van der Waals surface area contributed by atoms with Crippen molar-refractivity contribution in [1.29, 1.82) is 0 Å². The number of sulfonamides is 1. The fourth-order valence-electron chi connectivity index (χ4n) is 4.38. The van der Waals surface area contributed by atoms with E-state index in [9.17, 15) is 27.2 Å². The number of hydrogen-bond donors (Lipinski definition) is 2. The van der Waals surface area contributed by atoms with Crippen molar-refractivity contribution in [3.8, 4) is 0 Å². The van der Waals surface area contributed by atoms with Crippen LogP contribution in [0.5, 0.6) is 0 Å². The minimum atomic E-state index is -4.12. The number of rotatable bonds is 5. The van der Waals surface area contributed by atoms with Crippen LogP contribution in [0.2, 0.25) is 0 Å². The SMILES string of the molecule is CC(C(=O)Nc1ccc(F)c(S(=O)(=O)N2CCOCC2)c1)N1C(=O)NC2(CCCC2)C1=O. The number of morpholine rings is 1. The van der Waals surface area contributed by atoms with Crippen LogP contribution in [0.3, 0.4) is 0 Å². The molecule has 10 nitrogen and oxygen atoms in total. The maximum atomic E-state index is 14.4. The van der Waals surface area contributed by atoms with Crippen LogP contribution in [0.25, 0.3) is 0 Å². The van der Waals surface area contributed by atoms with Gasteiger partial charge in [0.1, 0.15) is 22.3 Å². The molecule has 1 aliphatic carbocycles. The molecule has 1 unspecified atom stereocenters. The van der Waals surface area contributed by atoms with Crippen LogP contribution >= 0.6 is 0 Å². The van der Waals surface area contributed by atoms with E-state index >= 15 is 0 Å². The number of halogens is 1. The predicted molar refractivity (Wildman–Crippen MR) is 111 cm³/mol. The lowest BCUT2D eigenvalue weighted by Crippen LogP contribution is -2.48. The average molecular weight is 469 g/mol. The molecule has 1 saturated carbocycles. The first-order chi connectivity index (χ1) is 15.2. The average Bonchev–Trinajstić information content (AvgIpc) is 3.34. The molecule has 12 heteroatoms. The van der Waals surface area contributed by atoms with E-state index in [0.29, 0.717) is 12.8 Å². The molecule has 1 atom stereocenters. The number of benzene rings is 1. The van der Waals surface area contributed by atoms with Gasteiger partial charge in [-0.05, 0) is 38.0 Å². The van der Waals surface area contributed by atoms with E-state index in [1.54, 1.807) is 0 Å². The molecule has 2 saturated heterocycles. The van der Waals surface area contributed by atoms with Crippen molar-refractivity contribution in [2.45, 2.75) is 49.1 Å². The van der Waals surface area contributed by atoms with Gasteiger partial charge in [-0.3, -0.25) is 9.59 Å². The van der Waals surface area contributed by atoms with Gasteiger partial charge >= 0.3 is 6.03 Å². The van der Waals surface area contributed by atoms with E-state index in [-0.39, 0.29) is 32.0 Å². The molecule has 32 heavy (non-hydrogen) atoms. The first kappa shape index (κ1) is 22.6. The molecular weight excluding hydrogens is 443 g/mol. The Morgan fingerprint density at radius 2 is 1.88 bits per heavy atom. The van der Waals surface area contributed by atoms with Gasteiger partial charge in [0.15, 0.2) is 0 Å². The Bertz CT molecular complexity index is 1050. The lowest BCUT2D eigenvalue weighted by Gasteiger charge is -2.26. The Morgan fingerprint density at radius 1 is 1.22 bits per heavy atom. The highest BCUT2D eigenvalue weighted by Gasteiger charge is 2.54. The lowest BCUT2D eigenvalue weighted by atomic mass is 9.97. The third-order valence-corrected chi connectivity index (χ3v) is 8.12. The fraction of sp³-hybridized carbons (Fsp3) is 0.550. The molecule has 3 fully saturated rings. The summed E-state index contributed by atoms with van der Waals surface area (Å²) in [4.78, 5) is 38.4. The van der Waals surface area contributed by atoms with Gasteiger partial charge in [0, 0.05) is 18.8 Å². The van der Waals surface area contributed by atoms with E-state index in [0.717, 1.165) is 34.2 Å². The summed E-state index contributed by atoms with van der Waals surface area (Å²) in [7, 11) is -4.12. The Hall–Kier alpha value is -2.57. The number of anilines is 1. The zero-order chi connectivity index (χ0) is 23.1. The normalized spacial score (nSPS) is 22.2. The molecular formula is C20H25FN4O6S. The summed E-state index contributed by atoms with van der Waals surface area (Å²) in [6.07, 6.45) is 2.69. The topological polar surface area (TPSA) is 125 Å². The second-order valence-electron chi connectivity index (χ2n) is 8.22. The summed E-state index contributed by atoms with van der Waals surface area (Å²) < 4.78 is 46.3. The molecule has 4 rings (SSSR count). The van der Waals surface area contributed by atoms with Crippen molar-refractivity contribution in [2.24, 2.45) is 0 Å². The predicted octanol–water partition coefficient (Wildman–Crippen LogP) is 1.04. The lowest BCUT2D eigenvalue weighted by molar-refractivity contribution is -0.136. The van der Waals surface area contributed by atoms with Gasteiger partial charge in [-0.2, -0.15) is 4.31 Å². The van der Waals surface area contributed by atoms with E-state index in [1.807, 2.05) is 0 Å². The molecule has 174 valence electrons. The third-order valence-electron chi connectivity index (χ3n) is 6.20. The van der Waals surface area contributed by atoms with Crippen molar-refractivity contribution in [1.82, 2.24) is 14.5 Å². The summed E-state index contributed by atoms with van der Waals surface area (Å²) in [6.45, 7) is 2.03. The number of nitrogens with zero attached hydrogens (tertiary/aromatic N) is 2. The van der Waals surface area contributed by atoms with Crippen LogP contribution < -0.4 is 10.6 Å². The van der Waals surface area contributed by atoms with E-state index < -0.39 is 50.2 Å². The largest absolute Gasteiger partial charge is 0.379 e. The summed E-state index contributed by atoms with van der Waals surface area (Å²) in [5.41, 5.74) is -0.904. The Kier molecular flexibility index (Phi) is 5.94. The molecule has 0 bridgehead atoms. The number of carbonyl (C=O) groups is 3. The van der Waals surface area contributed by atoms with Crippen molar-refractivity contribution < 1.29 is 31.9 Å². The Morgan fingerprint density at radius 3 is 2.53 bits per heavy atom. The Labute approximate surface area is 185 Å². The molecule has 4 amide bonds. The second kappa shape index (κ2) is 8.41. The summed E-state index contributed by atoms with van der Waals surface area (Å²) in [5, 5.41) is 5.21. The molecule has 2 heterocycles. The summed E-state index contributed by atoms with van der Waals surface area (Å²) >= 11 is 0. The molecule has 2 N–H and O–H groups in total. The molecule has 3 aliphatic rings. The highest BCUT2D eigenvalue weighted by molar-refractivity contribution is 7.89. The quantitative estimate of drug-likeness (QED) is 0.622. The molecule has 1 aromatic carbocycles. The number of ether oxygens (including phenoxy) is 1. The van der Waals surface area contributed by atoms with Gasteiger partial charge in [0.2, 0.25) is 15.9 Å². The van der Waals surface area contributed by atoms with E-state index in [4.69, 9.17) is 4.74 Å².